The van der Waals surface area contributed by atoms with Crippen LogP contribution in [0.3, 0.4) is 0 Å². The van der Waals surface area contributed by atoms with Crippen LogP contribution in [0.25, 0.3) is 0 Å². The third kappa shape index (κ3) is 7.69. The molecule has 0 saturated carbocycles. The van der Waals surface area contributed by atoms with Gasteiger partial charge in [-0.05, 0) is 31.3 Å². The van der Waals surface area contributed by atoms with E-state index >= 15 is 0 Å². The fourth-order valence-corrected chi connectivity index (χ4v) is 3.64. The van der Waals surface area contributed by atoms with Gasteiger partial charge in [-0.2, -0.15) is 24.4 Å². The lowest BCUT2D eigenvalue weighted by molar-refractivity contribution is -0.149. The minimum atomic E-state index is -1.45. The Kier molecular flexibility index (Phi) is 11.0. The molecular weight excluding hydrogens is 436 g/mol. The van der Waals surface area contributed by atoms with Gasteiger partial charge in [-0.25, -0.2) is 4.79 Å². The standard InChI is InChI=1S/C17H28N4O7S2/c1-30-6-4-10(16(26)21-5-2-3-12(21)17(27)28)19-15(25)11(7-13(22)23)20-14(24)9(18)8-29/h9-12,29H,2-8,18H2,1H3,(H,19,25)(H,20,24)(H,22,23)(H,27,28). The number of rotatable bonds is 12. The van der Waals surface area contributed by atoms with Crippen molar-refractivity contribution in [2.45, 2.75) is 49.9 Å². The first kappa shape index (κ1) is 26.0. The summed E-state index contributed by atoms with van der Waals surface area (Å²) >= 11 is 5.32. The van der Waals surface area contributed by atoms with Gasteiger partial charge in [0.1, 0.15) is 18.1 Å². The van der Waals surface area contributed by atoms with Gasteiger partial charge in [0.05, 0.1) is 12.5 Å². The lowest BCUT2D eigenvalue weighted by atomic mass is 10.1. The number of hydrogen-bond acceptors (Lipinski definition) is 8. The number of carbonyl (C=O) groups excluding carboxylic acids is 3. The minimum Gasteiger partial charge on any atom is -0.481 e. The van der Waals surface area contributed by atoms with E-state index in [9.17, 15) is 29.1 Å². The molecule has 0 aliphatic carbocycles. The van der Waals surface area contributed by atoms with E-state index in [4.69, 9.17) is 10.8 Å². The van der Waals surface area contributed by atoms with E-state index in [0.29, 0.717) is 18.6 Å². The lowest BCUT2D eigenvalue weighted by Gasteiger charge is -2.28. The number of carbonyl (C=O) groups is 5. The molecule has 3 amide bonds. The van der Waals surface area contributed by atoms with E-state index in [1.807, 2.05) is 6.26 Å². The molecule has 0 bridgehead atoms. The zero-order valence-corrected chi connectivity index (χ0v) is 18.3. The number of aliphatic carboxylic acids is 2. The predicted molar refractivity (Wildman–Crippen MR) is 113 cm³/mol. The van der Waals surface area contributed by atoms with E-state index in [1.54, 1.807) is 0 Å². The summed E-state index contributed by atoms with van der Waals surface area (Å²) in [5.41, 5.74) is 5.55. The van der Waals surface area contributed by atoms with E-state index in [0.717, 1.165) is 0 Å². The molecule has 4 unspecified atom stereocenters. The average Bonchev–Trinajstić information content (AvgIpc) is 3.18. The van der Waals surface area contributed by atoms with Crippen molar-refractivity contribution < 1.29 is 34.2 Å². The summed E-state index contributed by atoms with van der Waals surface area (Å²) in [7, 11) is 0. The van der Waals surface area contributed by atoms with Crippen LogP contribution in [-0.2, 0) is 24.0 Å². The number of nitrogens with zero attached hydrogens (tertiary/aromatic N) is 1. The fourth-order valence-electron chi connectivity index (χ4n) is 3.00. The Hall–Kier alpha value is -1.99. The largest absolute Gasteiger partial charge is 0.481 e. The van der Waals surface area contributed by atoms with E-state index in [2.05, 4.69) is 23.3 Å². The minimum absolute atomic E-state index is 0.00633. The van der Waals surface area contributed by atoms with Crippen molar-refractivity contribution in [3.63, 3.8) is 0 Å². The highest BCUT2D eigenvalue weighted by Gasteiger charge is 2.38. The summed E-state index contributed by atoms with van der Waals surface area (Å²) < 4.78 is 0. The molecule has 1 fully saturated rings. The molecule has 1 saturated heterocycles. The fraction of sp³-hybridized carbons (Fsp3) is 0.706. The van der Waals surface area contributed by atoms with Crippen molar-refractivity contribution >= 4 is 54.1 Å². The number of amides is 3. The first-order chi connectivity index (χ1) is 14.1. The van der Waals surface area contributed by atoms with Gasteiger partial charge in [0.25, 0.3) is 0 Å². The van der Waals surface area contributed by atoms with Gasteiger partial charge in [0.2, 0.25) is 17.7 Å². The zero-order valence-electron chi connectivity index (χ0n) is 16.6. The first-order valence-corrected chi connectivity index (χ1v) is 11.4. The number of carboxylic acid groups (broad SMARTS) is 2. The molecule has 30 heavy (non-hydrogen) atoms. The number of carboxylic acids is 2. The Morgan fingerprint density at radius 1 is 1.17 bits per heavy atom. The SMILES string of the molecule is CSCCC(NC(=O)C(CC(=O)O)NC(=O)C(N)CS)C(=O)N1CCCC1C(=O)O. The van der Waals surface area contributed by atoms with Crippen LogP contribution < -0.4 is 16.4 Å². The Bertz CT molecular complexity index is 664. The zero-order chi connectivity index (χ0) is 22.8. The second kappa shape index (κ2) is 12.6. The monoisotopic (exact) mass is 464 g/mol. The Morgan fingerprint density at radius 2 is 1.80 bits per heavy atom. The lowest BCUT2D eigenvalue weighted by Crippen LogP contribution is -2.57. The van der Waals surface area contributed by atoms with E-state index in [-0.39, 0.29) is 18.7 Å². The van der Waals surface area contributed by atoms with Crippen molar-refractivity contribution in [3.8, 4) is 0 Å². The van der Waals surface area contributed by atoms with Gasteiger partial charge < -0.3 is 31.5 Å². The third-order valence-corrected chi connectivity index (χ3v) is 5.63. The van der Waals surface area contributed by atoms with Crippen LogP contribution in [0.15, 0.2) is 0 Å². The number of thiol groups is 1. The molecule has 1 aliphatic heterocycles. The molecule has 0 aromatic rings. The van der Waals surface area contributed by atoms with Crippen molar-refractivity contribution in [1.82, 2.24) is 15.5 Å². The van der Waals surface area contributed by atoms with E-state index < -0.39 is 60.2 Å². The maximum absolute atomic E-state index is 12.9. The average molecular weight is 465 g/mol. The number of nitrogens with one attached hydrogen (secondary N) is 2. The van der Waals surface area contributed by atoms with Crippen molar-refractivity contribution in [2.75, 3.05) is 24.3 Å². The highest BCUT2D eigenvalue weighted by atomic mass is 32.2. The maximum atomic E-state index is 12.9. The molecule has 13 heteroatoms. The van der Waals surface area contributed by atoms with Crippen molar-refractivity contribution in [2.24, 2.45) is 5.73 Å². The third-order valence-electron chi connectivity index (χ3n) is 4.59. The van der Waals surface area contributed by atoms with Gasteiger partial charge >= 0.3 is 11.9 Å². The van der Waals surface area contributed by atoms with Crippen LogP contribution in [0.2, 0.25) is 0 Å². The highest BCUT2D eigenvalue weighted by Crippen LogP contribution is 2.19. The Balaban J connectivity index is 2.97. The van der Waals surface area contributed by atoms with Gasteiger partial charge in [-0.1, -0.05) is 0 Å². The second-order valence-electron chi connectivity index (χ2n) is 6.82. The number of nitrogens with two attached hydrogens (primary N) is 1. The predicted octanol–water partition coefficient (Wildman–Crippen LogP) is -1.48. The molecule has 1 rings (SSSR count). The molecule has 0 radical (unpaired) electrons. The normalized spacial score (nSPS) is 18.9. The molecule has 4 atom stereocenters. The molecule has 170 valence electrons. The summed E-state index contributed by atoms with van der Waals surface area (Å²) in [4.78, 5) is 61.4. The van der Waals surface area contributed by atoms with E-state index in [1.165, 1.54) is 16.7 Å². The number of thioether (sulfide) groups is 1. The quantitative estimate of drug-likeness (QED) is 0.188. The molecule has 6 N–H and O–H groups in total. The summed E-state index contributed by atoms with van der Waals surface area (Å²) in [6, 6.07) is -4.49. The molecule has 0 aromatic carbocycles. The molecule has 0 aromatic heterocycles. The van der Waals surface area contributed by atoms with Gasteiger partial charge in [0.15, 0.2) is 0 Å². The van der Waals surface area contributed by atoms with Crippen LogP contribution in [0, 0.1) is 0 Å². The van der Waals surface area contributed by atoms with Crippen LogP contribution in [-0.4, -0.2) is 93.2 Å². The van der Waals surface area contributed by atoms with Crippen LogP contribution in [0.5, 0.6) is 0 Å². The van der Waals surface area contributed by atoms with Gasteiger partial charge in [0, 0.05) is 12.3 Å². The summed E-state index contributed by atoms with van der Waals surface area (Å²) in [6.45, 7) is 0.257. The summed E-state index contributed by atoms with van der Waals surface area (Å²) in [6.07, 6.45) is 2.18. The van der Waals surface area contributed by atoms with Crippen LogP contribution in [0.4, 0.5) is 0 Å². The summed E-state index contributed by atoms with van der Waals surface area (Å²) in [5, 5.41) is 23.1. The van der Waals surface area contributed by atoms with Gasteiger partial charge in [-0.3, -0.25) is 19.2 Å². The topological polar surface area (TPSA) is 179 Å². The molecular formula is C17H28N4O7S2. The summed E-state index contributed by atoms with van der Waals surface area (Å²) in [5.74, 6) is -4.10. The molecule has 1 aliphatic rings. The smallest absolute Gasteiger partial charge is 0.326 e. The Morgan fingerprint density at radius 3 is 2.33 bits per heavy atom. The first-order valence-electron chi connectivity index (χ1n) is 9.33. The van der Waals surface area contributed by atoms with Crippen LogP contribution in [0.1, 0.15) is 25.7 Å². The van der Waals surface area contributed by atoms with Crippen LogP contribution >= 0.6 is 24.4 Å². The van der Waals surface area contributed by atoms with Crippen molar-refractivity contribution in [3.05, 3.63) is 0 Å². The van der Waals surface area contributed by atoms with Gasteiger partial charge in [-0.15, -0.1) is 0 Å². The number of hydrogen-bond donors (Lipinski definition) is 6. The molecule has 0 spiro atoms. The van der Waals surface area contributed by atoms with Crippen molar-refractivity contribution in [1.29, 1.82) is 0 Å². The molecule has 11 nitrogen and oxygen atoms in total. The second-order valence-corrected chi connectivity index (χ2v) is 8.17. The highest BCUT2D eigenvalue weighted by molar-refractivity contribution is 7.98. The maximum Gasteiger partial charge on any atom is 0.326 e. The Labute approximate surface area is 183 Å². The molecule has 1 heterocycles. The number of likely N-dealkylation sites (tertiary alicyclic amines) is 1.